The molecule has 0 aliphatic rings. The van der Waals surface area contributed by atoms with Crippen LogP contribution in [0.5, 0.6) is 0 Å². The van der Waals surface area contributed by atoms with E-state index in [1.807, 2.05) is 0 Å². The number of fused-ring (bicyclic) bond motifs is 1. The summed E-state index contributed by atoms with van der Waals surface area (Å²) in [7, 11) is 1.64. The molecule has 0 aliphatic carbocycles. The van der Waals surface area contributed by atoms with Gasteiger partial charge in [0, 0.05) is 35.2 Å². The second-order valence-corrected chi connectivity index (χ2v) is 7.29. The van der Waals surface area contributed by atoms with Gasteiger partial charge < -0.3 is 10.2 Å². The molecule has 0 fully saturated rings. The van der Waals surface area contributed by atoms with Gasteiger partial charge in [0.15, 0.2) is 5.65 Å². The highest BCUT2D eigenvalue weighted by molar-refractivity contribution is 6.30. The number of carbonyl (C=O) groups excluding carboxylic acids is 2. The number of aromatic nitrogens is 3. The predicted octanol–water partition coefficient (Wildman–Crippen LogP) is 4.53. The highest BCUT2D eigenvalue weighted by Crippen LogP contribution is 2.24. The molecule has 2 heterocycles. The first-order chi connectivity index (χ1) is 15.3. The van der Waals surface area contributed by atoms with E-state index in [9.17, 15) is 18.4 Å². The van der Waals surface area contributed by atoms with Gasteiger partial charge in [-0.05, 0) is 36.4 Å². The van der Waals surface area contributed by atoms with Gasteiger partial charge in [0.25, 0.3) is 11.8 Å². The molecular weight excluding hydrogens is 440 g/mol. The van der Waals surface area contributed by atoms with Crippen LogP contribution in [0.4, 0.5) is 20.2 Å². The number of imidazole rings is 1. The third-order valence-electron chi connectivity index (χ3n) is 4.78. The van der Waals surface area contributed by atoms with Crippen LogP contribution in [-0.4, -0.2) is 39.7 Å². The fourth-order valence-corrected chi connectivity index (χ4v) is 3.21. The van der Waals surface area contributed by atoms with Gasteiger partial charge in [0.2, 0.25) is 0 Å². The number of hydrogen-bond donors (Lipinski definition) is 1. The molecule has 0 bridgehead atoms. The molecule has 7 nitrogen and oxygen atoms in total. The summed E-state index contributed by atoms with van der Waals surface area (Å²) in [5.74, 6) is -1.69. The van der Waals surface area contributed by atoms with Crippen LogP contribution >= 0.6 is 11.6 Å². The van der Waals surface area contributed by atoms with Crippen molar-refractivity contribution < 1.29 is 18.4 Å². The van der Waals surface area contributed by atoms with Crippen molar-refractivity contribution in [2.75, 3.05) is 17.3 Å². The number of nitrogens with one attached hydrogen (secondary N) is 1. The van der Waals surface area contributed by atoms with Crippen molar-refractivity contribution in [3.05, 3.63) is 77.8 Å². The van der Waals surface area contributed by atoms with E-state index in [0.717, 1.165) is 0 Å². The van der Waals surface area contributed by atoms with Crippen molar-refractivity contribution in [2.24, 2.45) is 0 Å². The van der Waals surface area contributed by atoms with Crippen molar-refractivity contribution in [3.63, 3.8) is 0 Å². The van der Waals surface area contributed by atoms with Gasteiger partial charge in [-0.3, -0.25) is 14.0 Å². The van der Waals surface area contributed by atoms with Crippen LogP contribution in [0.25, 0.3) is 16.9 Å². The first-order valence-corrected chi connectivity index (χ1v) is 9.77. The number of carbonyl (C=O) groups is 2. The minimum absolute atomic E-state index is 0.204. The van der Waals surface area contributed by atoms with E-state index in [1.54, 1.807) is 60.2 Å². The smallest absolute Gasteiger partial charge is 0.315 e. The molecule has 0 radical (unpaired) electrons. The lowest BCUT2D eigenvalue weighted by Crippen LogP contribution is -2.27. The molecule has 0 spiro atoms. The molecule has 32 heavy (non-hydrogen) atoms. The van der Waals surface area contributed by atoms with Crippen molar-refractivity contribution in [1.29, 1.82) is 0 Å². The largest absolute Gasteiger partial charge is 0.321 e. The quantitative estimate of drug-likeness (QED) is 0.479. The lowest BCUT2D eigenvalue weighted by molar-refractivity contribution is -0.126. The molecule has 2 amide bonds. The maximum Gasteiger partial charge on any atom is 0.315 e. The van der Waals surface area contributed by atoms with Gasteiger partial charge in [0.1, 0.15) is 5.69 Å². The molecule has 0 unspecified atom stereocenters. The molecule has 2 aromatic carbocycles. The van der Waals surface area contributed by atoms with Gasteiger partial charge in [-0.25, -0.2) is 9.97 Å². The molecular formula is C22H16ClF2N5O2. The zero-order valence-electron chi connectivity index (χ0n) is 16.7. The fourth-order valence-electron chi connectivity index (χ4n) is 3.09. The number of benzene rings is 2. The van der Waals surface area contributed by atoms with E-state index in [1.165, 1.54) is 23.2 Å². The molecule has 0 aliphatic heterocycles. The standard InChI is InChI=1S/C22H16ClF2N5O2/c1-29(16-8-4-14(23)5-9-16)22(32)17-12-30-18(10-27-19(30)11-26-17)13-2-6-15(7-3-13)28-21(31)20(24)25/h2-12,20H,1H3,(H,28,31). The van der Waals surface area contributed by atoms with Gasteiger partial charge in [0.05, 0.1) is 18.1 Å². The second kappa shape index (κ2) is 8.72. The van der Waals surface area contributed by atoms with Crippen LogP contribution in [0.1, 0.15) is 10.5 Å². The van der Waals surface area contributed by atoms with Gasteiger partial charge >= 0.3 is 6.43 Å². The third kappa shape index (κ3) is 4.28. The summed E-state index contributed by atoms with van der Waals surface area (Å²) in [5, 5.41) is 2.69. The number of halogens is 3. The second-order valence-electron chi connectivity index (χ2n) is 6.85. The third-order valence-corrected chi connectivity index (χ3v) is 5.03. The minimum atomic E-state index is -3.09. The molecule has 4 aromatic rings. The zero-order valence-corrected chi connectivity index (χ0v) is 17.4. The molecule has 0 atom stereocenters. The van der Waals surface area contributed by atoms with Crippen LogP contribution in [0.2, 0.25) is 5.02 Å². The molecule has 162 valence electrons. The van der Waals surface area contributed by atoms with E-state index in [2.05, 4.69) is 15.3 Å². The minimum Gasteiger partial charge on any atom is -0.321 e. The van der Waals surface area contributed by atoms with Crippen molar-refractivity contribution in [3.8, 4) is 11.3 Å². The lowest BCUT2D eigenvalue weighted by Gasteiger charge is -2.17. The van der Waals surface area contributed by atoms with Crippen LogP contribution in [-0.2, 0) is 4.79 Å². The number of rotatable bonds is 5. The Morgan fingerprint density at radius 2 is 1.72 bits per heavy atom. The molecule has 10 heteroatoms. The first-order valence-electron chi connectivity index (χ1n) is 9.39. The molecule has 2 aromatic heterocycles. The van der Waals surface area contributed by atoms with E-state index in [4.69, 9.17) is 11.6 Å². The summed E-state index contributed by atoms with van der Waals surface area (Å²) in [6, 6.07) is 13.2. The Balaban J connectivity index is 1.62. The fraction of sp³-hybridized carbons (Fsp3) is 0.0909. The number of nitrogens with zero attached hydrogens (tertiary/aromatic N) is 4. The Morgan fingerprint density at radius 3 is 2.38 bits per heavy atom. The monoisotopic (exact) mass is 455 g/mol. The maximum absolute atomic E-state index is 12.9. The van der Waals surface area contributed by atoms with Crippen LogP contribution < -0.4 is 10.2 Å². The number of amides is 2. The molecule has 1 N–H and O–H groups in total. The lowest BCUT2D eigenvalue weighted by atomic mass is 10.1. The van der Waals surface area contributed by atoms with Gasteiger partial charge in [-0.15, -0.1) is 0 Å². The van der Waals surface area contributed by atoms with Crippen LogP contribution in [0, 0.1) is 0 Å². The Morgan fingerprint density at radius 1 is 1.03 bits per heavy atom. The number of hydrogen-bond acceptors (Lipinski definition) is 4. The molecule has 4 rings (SSSR count). The Bertz CT molecular complexity index is 1290. The molecule has 0 saturated heterocycles. The van der Waals surface area contributed by atoms with E-state index in [-0.39, 0.29) is 17.3 Å². The van der Waals surface area contributed by atoms with E-state index >= 15 is 0 Å². The Labute approximate surface area is 186 Å². The number of anilines is 2. The summed E-state index contributed by atoms with van der Waals surface area (Å²) in [6.07, 6.45) is 1.59. The molecule has 0 saturated carbocycles. The van der Waals surface area contributed by atoms with E-state index in [0.29, 0.717) is 27.6 Å². The average molecular weight is 456 g/mol. The first kappa shape index (κ1) is 21.4. The average Bonchev–Trinajstić information content (AvgIpc) is 3.22. The highest BCUT2D eigenvalue weighted by Gasteiger charge is 2.18. The van der Waals surface area contributed by atoms with Crippen molar-refractivity contribution in [1.82, 2.24) is 14.4 Å². The van der Waals surface area contributed by atoms with Crippen molar-refractivity contribution >= 4 is 40.4 Å². The summed E-state index contributed by atoms with van der Waals surface area (Å²) >= 11 is 5.91. The highest BCUT2D eigenvalue weighted by atomic mass is 35.5. The SMILES string of the molecule is CN(C(=O)c1cn2c(-c3ccc(NC(=O)C(F)F)cc3)cnc2cn1)c1ccc(Cl)cc1. The zero-order chi connectivity index (χ0) is 22.8. The van der Waals surface area contributed by atoms with E-state index < -0.39 is 12.3 Å². The van der Waals surface area contributed by atoms with Gasteiger partial charge in [-0.2, -0.15) is 8.78 Å². The summed E-state index contributed by atoms with van der Waals surface area (Å²) < 4.78 is 26.5. The van der Waals surface area contributed by atoms with Crippen molar-refractivity contribution in [2.45, 2.75) is 6.43 Å². The van der Waals surface area contributed by atoms with Crippen LogP contribution in [0.3, 0.4) is 0 Å². The predicted molar refractivity (Wildman–Crippen MR) is 117 cm³/mol. The maximum atomic E-state index is 12.9. The van der Waals surface area contributed by atoms with Gasteiger partial charge in [-0.1, -0.05) is 23.7 Å². The Kier molecular flexibility index (Phi) is 5.83. The summed E-state index contributed by atoms with van der Waals surface area (Å²) in [6.45, 7) is 0. The summed E-state index contributed by atoms with van der Waals surface area (Å²) in [4.78, 5) is 34.1. The summed E-state index contributed by atoms with van der Waals surface area (Å²) in [5.41, 5.74) is 3.01. The Hall–Kier alpha value is -3.85. The van der Waals surface area contributed by atoms with Crippen LogP contribution in [0.15, 0.2) is 67.1 Å². The number of alkyl halides is 2. The normalized spacial score (nSPS) is 11.0. The topological polar surface area (TPSA) is 79.6 Å².